The van der Waals surface area contributed by atoms with Crippen LogP contribution in [0.25, 0.3) is 17.2 Å². The number of anilines is 1. The van der Waals surface area contributed by atoms with E-state index in [1.165, 1.54) is 10.9 Å². The molecule has 0 unspecified atom stereocenters. The number of hydrogen-bond acceptors (Lipinski definition) is 5. The number of amides is 1. The van der Waals surface area contributed by atoms with Gasteiger partial charge < -0.3 is 11.5 Å². The summed E-state index contributed by atoms with van der Waals surface area (Å²) in [5, 5.41) is 4.34. The van der Waals surface area contributed by atoms with Crippen molar-refractivity contribution >= 4 is 11.6 Å². The molecule has 7 nitrogen and oxygen atoms in total. The third-order valence-corrected chi connectivity index (χ3v) is 2.90. The summed E-state index contributed by atoms with van der Waals surface area (Å²) in [5.41, 5.74) is 12.7. The molecule has 0 aliphatic carbocycles. The summed E-state index contributed by atoms with van der Waals surface area (Å²) in [6.45, 7) is 0. The Labute approximate surface area is 120 Å². The van der Waals surface area contributed by atoms with Gasteiger partial charge in [0.25, 0.3) is 0 Å². The van der Waals surface area contributed by atoms with Crippen LogP contribution in [0.5, 0.6) is 0 Å². The van der Waals surface area contributed by atoms with Crippen molar-refractivity contribution in [3.8, 4) is 17.2 Å². The largest absolute Gasteiger partial charge is 0.399 e. The lowest BCUT2D eigenvalue weighted by Gasteiger charge is -2.00. The second-order valence-corrected chi connectivity index (χ2v) is 4.41. The molecule has 4 N–H and O–H groups in total. The highest BCUT2D eigenvalue weighted by Gasteiger charge is 2.07. The highest BCUT2D eigenvalue weighted by atomic mass is 16.1. The van der Waals surface area contributed by atoms with Gasteiger partial charge in [0.15, 0.2) is 11.6 Å². The molecule has 3 aromatic rings. The minimum Gasteiger partial charge on any atom is -0.399 e. The summed E-state index contributed by atoms with van der Waals surface area (Å²) in [7, 11) is 0. The second kappa shape index (κ2) is 5.04. The molecular weight excluding hydrogens is 268 g/mol. The standard InChI is InChI=1S/C14H12N6O/c15-11-3-1-2-9(6-11)14-18-8-20(19-14)12-5-4-10(7-17-12)13(16)21/h1-8H,15H2,(H2,16,21). The molecule has 0 saturated heterocycles. The first-order valence-electron chi connectivity index (χ1n) is 6.17. The molecule has 21 heavy (non-hydrogen) atoms. The zero-order valence-corrected chi connectivity index (χ0v) is 11.0. The predicted molar refractivity (Wildman–Crippen MR) is 77.5 cm³/mol. The van der Waals surface area contributed by atoms with Crippen LogP contribution in [0.1, 0.15) is 10.4 Å². The maximum Gasteiger partial charge on any atom is 0.250 e. The van der Waals surface area contributed by atoms with E-state index < -0.39 is 5.91 Å². The molecule has 3 rings (SSSR count). The van der Waals surface area contributed by atoms with Crippen molar-refractivity contribution in [3.05, 3.63) is 54.5 Å². The molecule has 104 valence electrons. The Morgan fingerprint density at radius 1 is 1.14 bits per heavy atom. The molecule has 0 atom stereocenters. The van der Waals surface area contributed by atoms with Gasteiger partial charge in [-0.05, 0) is 24.3 Å². The Bertz CT molecular complexity index is 793. The Kier molecular flexibility index (Phi) is 3.07. The Balaban J connectivity index is 1.93. The van der Waals surface area contributed by atoms with E-state index in [4.69, 9.17) is 11.5 Å². The fourth-order valence-electron chi connectivity index (χ4n) is 1.85. The number of nitrogens with two attached hydrogens (primary N) is 2. The fourth-order valence-corrected chi connectivity index (χ4v) is 1.85. The Hall–Kier alpha value is -3.22. The van der Waals surface area contributed by atoms with E-state index in [1.54, 1.807) is 30.6 Å². The summed E-state index contributed by atoms with van der Waals surface area (Å²) in [6.07, 6.45) is 2.95. The van der Waals surface area contributed by atoms with Crippen LogP contribution >= 0.6 is 0 Å². The lowest BCUT2D eigenvalue weighted by molar-refractivity contribution is 0.1000. The second-order valence-electron chi connectivity index (χ2n) is 4.41. The molecule has 0 spiro atoms. The SMILES string of the molecule is NC(=O)c1ccc(-n2cnc(-c3cccc(N)c3)n2)nc1. The monoisotopic (exact) mass is 280 g/mol. The van der Waals surface area contributed by atoms with Crippen LogP contribution in [0.15, 0.2) is 48.9 Å². The zero-order chi connectivity index (χ0) is 14.8. The van der Waals surface area contributed by atoms with Gasteiger partial charge in [-0.1, -0.05) is 12.1 Å². The van der Waals surface area contributed by atoms with Gasteiger partial charge in [-0.15, -0.1) is 5.10 Å². The molecule has 1 amide bonds. The number of primary amides is 1. The van der Waals surface area contributed by atoms with Crippen LogP contribution in [0.2, 0.25) is 0 Å². The Morgan fingerprint density at radius 3 is 2.67 bits per heavy atom. The van der Waals surface area contributed by atoms with E-state index in [0.29, 0.717) is 22.9 Å². The van der Waals surface area contributed by atoms with E-state index in [0.717, 1.165) is 5.56 Å². The Morgan fingerprint density at radius 2 is 2.00 bits per heavy atom. The highest BCUT2D eigenvalue weighted by molar-refractivity contribution is 5.92. The van der Waals surface area contributed by atoms with Crippen molar-refractivity contribution in [2.24, 2.45) is 5.73 Å². The molecule has 0 radical (unpaired) electrons. The first kappa shape index (κ1) is 12.8. The predicted octanol–water partition coefficient (Wildman–Crippen LogP) is 1.01. The first-order chi connectivity index (χ1) is 10.1. The van der Waals surface area contributed by atoms with Crippen LogP contribution in [0, 0.1) is 0 Å². The molecule has 2 aromatic heterocycles. The van der Waals surface area contributed by atoms with Gasteiger partial charge in [-0.25, -0.2) is 14.6 Å². The minimum absolute atomic E-state index is 0.343. The smallest absolute Gasteiger partial charge is 0.250 e. The third-order valence-electron chi connectivity index (χ3n) is 2.90. The fraction of sp³-hybridized carbons (Fsp3) is 0. The zero-order valence-electron chi connectivity index (χ0n) is 11.0. The summed E-state index contributed by atoms with van der Waals surface area (Å²) in [4.78, 5) is 19.4. The molecule has 2 heterocycles. The maximum atomic E-state index is 11.0. The average Bonchev–Trinajstić information content (AvgIpc) is 2.97. The molecule has 0 saturated carbocycles. The van der Waals surface area contributed by atoms with Crippen molar-refractivity contribution in [1.29, 1.82) is 0 Å². The quantitative estimate of drug-likeness (QED) is 0.695. The number of nitrogens with zero attached hydrogens (tertiary/aromatic N) is 4. The van der Waals surface area contributed by atoms with E-state index in [9.17, 15) is 4.79 Å². The number of carbonyl (C=O) groups excluding carboxylic acids is 1. The first-order valence-corrected chi connectivity index (χ1v) is 6.17. The van der Waals surface area contributed by atoms with Crippen molar-refractivity contribution in [1.82, 2.24) is 19.7 Å². The number of rotatable bonds is 3. The number of aromatic nitrogens is 4. The van der Waals surface area contributed by atoms with Gasteiger partial charge in [-0.2, -0.15) is 0 Å². The molecule has 1 aromatic carbocycles. The number of benzene rings is 1. The molecule has 7 heteroatoms. The molecular formula is C14H12N6O. The summed E-state index contributed by atoms with van der Waals surface area (Å²) in [6, 6.07) is 10.5. The normalized spacial score (nSPS) is 10.5. The van der Waals surface area contributed by atoms with Crippen molar-refractivity contribution in [3.63, 3.8) is 0 Å². The van der Waals surface area contributed by atoms with E-state index in [-0.39, 0.29) is 0 Å². The van der Waals surface area contributed by atoms with Crippen molar-refractivity contribution in [2.45, 2.75) is 0 Å². The molecule has 0 fully saturated rings. The highest BCUT2D eigenvalue weighted by Crippen LogP contribution is 2.17. The van der Waals surface area contributed by atoms with Crippen LogP contribution < -0.4 is 11.5 Å². The average molecular weight is 280 g/mol. The number of pyridine rings is 1. The topological polar surface area (TPSA) is 113 Å². The summed E-state index contributed by atoms with van der Waals surface area (Å²) >= 11 is 0. The lowest BCUT2D eigenvalue weighted by Crippen LogP contribution is -2.11. The lowest BCUT2D eigenvalue weighted by atomic mass is 10.2. The van der Waals surface area contributed by atoms with Crippen LogP contribution in [0.4, 0.5) is 5.69 Å². The molecule has 0 aliphatic heterocycles. The number of nitrogen functional groups attached to an aromatic ring is 1. The summed E-state index contributed by atoms with van der Waals surface area (Å²) in [5.74, 6) is 0.568. The summed E-state index contributed by atoms with van der Waals surface area (Å²) < 4.78 is 1.52. The van der Waals surface area contributed by atoms with Gasteiger partial charge in [0.2, 0.25) is 5.91 Å². The van der Waals surface area contributed by atoms with E-state index in [2.05, 4.69) is 15.1 Å². The minimum atomic E-state index is -0.520. The van der Waals surface area contributed by atoms with Crippen LogP contribution in [-0.4, -0.2) is 25.7 Å². The van der Waals surface area contributed by atoms with Gasteiger partial charge in [-0.3, -0.25) is 4.79 Å². The van der Waals surface area contributed by atoms with Crippen LogP contribution in [0.3, 0.4) is 0 Å². The van der Waals surface area contributed by atoms with E-state index >= 15 is 0 Å². The van der Waals surface area contributed by atoms with Crippen molar-refractivity contribution < 1.29 is 4.79 Å². The molecule has 0 bridgehead atoms. The van der Waals surface area contributed by atoms with E-state index in [1.807, 2.05) is 12.1 Å². The van der Waals surface area contributed by atoms with Gasteiger partial charge in [0.1, 0.15) is 6.33 Å². The number of carbonyl (C=O) groups is 1. The van der Waals surface area contributed by atoms with Crippen molar-refractivity contribution in [2.75, 3.05) is 5.73 Å². The van der Waals surface area contributed by atoms with Crippen LogP contribution in [-0.2, 0) is 0 Å². The van der Waals surface area contributed by atoms with Gasteiger partial charge in [0, 0.05) is 17.4 Å². The maximum absolute atomic E-state index is 11.0. The third kappa shape index (κ3) is 2.57. The number of hydrogen-bond donors (Lipinski definition) is 2. The molecule has 0 aliphatic rings. The van der Waals surface area contributed by atoms with Gasteiger partial charge in [0.05, 0.1) is 5.56 Å². The van der Waals surface area contributed by atoms with Gasteiger partial charge >= 0.3 is 0 Å².